The third kappa shape index (κ3) is 5.09. The summed E-state index contributed by atoms with van der Waals surface area (Å²) in [6.45, 7) is 0. The Morgan fingerprint density at radius 2 is 1.73 bits per heavy atom. The van der Waals surface area contributed by atoms with Gasteiger partial charge in [0.2, 0.25) is 0 Å². The van der Waals surface area contributed by atoms with Crippen molar-refractivity contribution in [3.63, 3.8) is 0 Å². The molecule has 0 aliphatic carbocycles. The van der Waals surface area contributed by atoms with E-state index in [1.54, 1.807) is 12.1 Å². The molecule has 2 N–H and O–H groups in total. The lowest BCUT2D eigenvalue weighted by Gasteiger charge is -2.00. The summed E-state index contributed by atoms with van der Waals surface area (Å²) >= 11 is 0. The van der Waals surface area contributed by atoms with Crippen LogP contribution in [0.2, 0.25) is 0 Å². The minimum atomic E-state index is -0.183. The number of rotatable bonds is 7. The fourth-order valence-electron chi connectivity index (χ4n) is 2.19. The molecule has 3 heteroatoms. The fraction of sp³-hybridized carbons (Fsp3) is 0.211. The highest BCUT2D eigenvalue weighted by atomic mass is 16.3. The summed E-state index contributed by atoms with van der Waals surface area (Å²) in [5.41, 5.74) is 1.98. The van der Waals surface area contributed by atoms with Gasteiger partial charge in [0, 0.05) is 6.42 Å². The first-order valence-corrected chi connectivity index (χ1v) is 7.42. The number of ketones is 1. The molecule has 0 fully saturated rings. The van der Waals surface area contributed by atoms with Gasteiger partial charge in [-0.1, -0.05) is 42.5 Å². The van der Waals surface area contributed by atoms with Gasteiger partial charge >= 0.3 is 0 Å². The zero-order chi connectivity index (χ0) is 15.8. The van der Waals surface area contributed by atoms with Crippen molar-refractivity contribution in [3.8, 4) is 11.5 Å². The number of hydrogen-bond acceptors (Lipinski definition) is 3. The van der Waals surface area contributed by atoms with E-state index in [1.807, 2.05) is 18.2 Å². The second-order valence-corrected chi connectivity index (χ2v) is 5.24. The van der Waals surface area contributed by atoms with Crippen molar-refractivity contribution >= 4 is 11.9 Å². The van der Waals surface area contributed by atoms with Crippen molar-refractivity contribution in [3.05, 3.63) is 65.7 Å². The third-order valence-electron chi connectivity index (χ3n) is 3.44. The molecule has 0 saturated carbocycles. The van der Waals surface area contributed by atoms with Crippen LogP contribution in [0, 0.1) is 0 Å². The van der Waals surface area contributed by atoms with E-state index in [9.17, 15) is 15.0 Å². The van der Waals surface area contributed by atoms with Gasteiger partial charge in [-0.3, -0.25) is 4.79 Å². The minimum Gasteiger partial charge on any atom is -0.504 e. The van der Waals surface area contributed by atoms with E-state index in [-0.39, 0.29) is 17.3 Å². The molecule has 0 saturated heterocycles. The molecule has 0 bridgehead atoms. The van der Waals surface area contributed by atoms with Crippen LogP contribution in [0.1, 0.15) is 30.4 Å². The van der Waals surface area contributed by atoms with E-state index in [1.165, 1.54) is 23.8 Å². The summed E-state index contributed by atoms with van der Waals surface area (Å²) in [5, 5.41) is 18.6. The number of unbranched alkanes of at least 4 members (excludes halogenated alkanes) is 1. The lowest BCUT2D eigenvalue weighted by atomic mass is 10.1. The Kier molecular flexibility index (Phi) is 5.78. The van der Waals surface area contributed by atoms with Gasteiger partial charge in [0.15, 0.2) is 17.3 Å². The average Bonchev–Trinajstić information content (AvgIpc) is 2.54. The van der Waals surface area contributed by atoms with Gasteiger partial charge < -0.3 is 10.2 Å². The zero-order valence-electron chi connectivity index (χ0n) is 12.4. The molecule has 0 aromatic heterocycles. The smallest absolute Gasteiger partial charge is 0.157 e. The molecule has 3 nitrogen and oxygen atoms in total. The molecular weight excluding hydrogens is 276 g/mol. The Balaban J connectivity index is 1.73. The van der Waals surface area contributed by atoms with Crippen LogP contribution in [-0.2, 0) is 11.2 Å². The SMILES string of the molecule is O=C(C=Cc1ccc(O)c(O)c1)CCCCc1ccccc1. The first-order valence-electron chi connectivity index (χ1n) is 7.42. The maximum atomic E-state index is 11.8. The van der Waals surface area contributed by atoms with Gasteiger partial charge in [-0.05, 0) is 48.6 Å². The second-order valence-electron chi connectivity index (χ2n) is 5.24. The normalized spacial score (nSPS) is 10.9. The van der Waals surface area contributed by atoms with Crippen molar-refractivity contribution in [2.24, 2.45) is 0 Å². The summed E-state index contributed by atoms with van der Waals surface area (Å²) in [6, 6.07) is 14.7. The van der Waals surface area contributed by atoms with Gasteiger partial charge in [-0.15, -0.1) is 0 Å². The second kappa shape index (κ2) is 8.03. The lowest BCUT2D eigenvalue weighted by Crippen LogP contribution is -1.93. The van der Waals surface area contributed by atoms with Crippen molar-refractivity contribution < 1.29 is 15.0 Å². The molecule has 114 valence electrons. The summed E-state index contributed by atoms with van der Waals surface area (Å²) in [4.78, 5) is 11.8. The summed E-state index contributed by atoms with van der Waals surface area (Å²) in [7, 11) is 0. The summed E-state index contributed by atoms with van der Waals surface area (Å²) in [6.07, 6.45) is 6.53. The van der Waals surface area contributed by atoms with Crippen LogP contribution in [0.4, 0.5) is 0 Å². The number of benzene rings is 2. The molecule has 22 heavy (non-hydrogen) atoms. The maximum Gasteiger partial charge on any atom is 0.157 e. The van der Waals surface area contributed by atoms with Crippen LogP contribution in [0.25, 0.3) is 6.08 Å². The van der Waals surface area contributed by atoms with E-state index in [0.717, 1.165) is 19.3 Å². The van der Waals surface area contributed by atoms with Gasteiger partial charge in [-0.25, -0.2) is 0 Å². The fourth-order valence-corrected chi connectivity index (χ4v) is 2.19. The van der Waals surface area contributed by atoms with Crippen molar-refractivity contribution in [1.29, 1.82) is 0 Å². The number of aryl methyl sites for hydroxylation is 1. The molecule has 0 radical (unpaired) electrons. The molecule has 0 atom stereocenters. The van der Waals surface area contributed by atoms with Gasteiger partial charge in [0.05, 0.1) is 0 Å². The van der Waals surface area contributed by atoms with E-state index >= 15 is 0 Å². The average molecular weight is 296 g/mol. The first-order chi connectivity index (χ1) is 10.6. The molecule has 2 aromatic carbocycles. The van der Waals surface area contributed by atoms with Crippen molar-refractivity contribution in [1.82, 2.24) is 0 Å². The quantitative estimate of drug-likeness (QED) is 0.459. The van der Waals surface area contributed by atoms with Crippen LogP contribution in [0.15, 0.2) is 54.6 Å². The Morgan fingerprint density at radius 1 is 0.955 bits per heavy atom. The predicted octanol–water partition coefficient (Wildman–Crippen LogP) is 4.09. The van der Waals surface area contributed by atoms with Gasteiger partial charge in [0.25, 0.3) is 0 Å². The highest BCUT2D eigenvalue weighted by molar-refractivity contribution is 5.93. The Labute approximate surface area is 130 Å². The number of phenolic OH excluding ortho intramolecular Hbond substituents is 2. The molecule has 2 rings (SSSR count). The number of allylic oxidation sites excluding steroid dienone is 1. The number of carbonyl (C=O) groups is 1. The molecule has 0 unspecified atom stereocenters. The largest absolute Gasteiger partial charge is 0.504 e. The molecule has 2 aromatic rings. The molecule has 0 aliphatic rings. The van der Waals surface area contributed by atoms with Crippen molar-refractivity contribution in [2.45, 2.75) is 25.7 Å². The third-order valence-corrected chi connectivity index (χ3v) is 3.44. The molecule has 0 heterocycles. The number of carbonyl (C=O) groups excluding carboxylic acids is 1. The van der Waals surface area contributed by atoms with E-state index in [2.05, 4.69) is 12.1 Å². The van der Waals surface area contributed by atoms with E-state index < -0.39 is 0 Å². The highest BCUT2D eigenvalue weighted by Crippen LogP contribution is 2.25. The lowest BCUT2D eigenvalue weighted by molar-refractivity contribution is -0.114. The molecule has 0 spiro atoms. The highest BCUT2D eigenvalue weighted by Gasteiger charge is 2.00. The van der Waals surface area contributed by atoms with Gasteiger partial charge in [-0.2, -0.15) is 0 Å². The van der Waals surface area contributed by atoms with E-state index in [4.69, 9.17) is 0 Å². The number of aromatic hydroxyl groups is 2. The molecule has 0 aliphatic heterocycles. The van der Waals surface area contributed by atoms with Crippen LogP contribution >= 0.6 is 0 Å². The molecular formula is C19H20O3. The Hall–Kier alpha value is -2.55. The minimum absolute atomic E-state index is 0.0700. The van der Waals surface area contributed by atoms with E-state index in [0.29, 0.717) is 12.0 Å². The van der Waals surface area contributed by atoms with Gasteiger partial charge in [0.1, 0.15) is 0 Å². The van der Waals surface area contributed by atoms with Crippen molar-refractivity contribution in [2.75, 3.05) is 0 Å². The monoisotopic (exact) mass is 296 g/mol. The standard InChI is InChI=1S/C19H20O3/c20-17(9-5-4-8-15-6-2-1-3-7-15)12-10-16-11-13-18(21)19(22)14-16/h1-3,6-7,10-14,21-22H,4-5,8-9H2. The van der Waals surface area contributed by atoms with Crippen LogP contribution in [-0.4, -0.2) is 16.0 Å². The maximum absolute atomic E-state index is 11.8. The zero-order valence-corrected chi connectivity index (χ0v) is 12.4. The Morgan fingerprint density at radius 3 is 2.45 bits per heavy atom. The van der Waals surface area contributed by atoms with Crippen LogP contribution < -0.4 is 0 Å². The van der Waals surface area contributed by atoms with Crippen LogP contribution in [0.5, 0.6) is 11.5 Å². The summed E-state index contributed by atoms with van der Waals surface area (Å²) in [5.74, 6) is -0.275. The number of hydrogen-bond donors (Lipinski definition) is 2. The first kappa shape index (κ1) is 15.8. The Bertz CT molecular complexity index is 645. The topological polar surface area (TPSA) is 57.5 Å². The predicted molar refractivity (Wildman–Crippen MR) is 87.8 cm³/mol. The molecule has 0 amide bonds. The number of phenols is 2. The summed E-state index contributed by atoms with van der Waals surface area (Å²) < 4.78 is 0. The van der Waals surface area contributed by atoms with Crippen LogP contribution in [0.3, 0.4) is 0 Å².